The molecular weight excluding hydrogens is 274 g/mol. The highest BCUT2D eigenvalue weighted by Gasteiger charge is 2.00. The summed E-state index contributed by atoms with van der Waals surface area (Å²) in [5, 5.41) is 0. The smallest absolute Gasteiger partial charge is 0.119 e. The van der Waals surface area contributed by atoms with E-state index in [2.05, 4.69) is 24.1 Å². The van der Waals surface area contributed by atoms with Crippen molar-refractivity contribution in [3.8, 4) is 5.75 Å². The Labute approximate surface area is 132 Å². The molecule has 0 bridgehead atoms. The number of anilines is 2. The summed E-state index contributed by atoms with van der Waals surface area (Å²) in [6, 6.07) is 15.6. The van der Waals surface area contributed by atoms with Crippen LogP contribution in [0.4, 0.5) is 11.4 Å². The summed E-state index contributed by atoms with van der Waals surface area (Å²) in [6.07, 6.45) is 2.04. The maximum Gasteiger partial charge on any atom is 0.119 e. The Hall–Kier alpha value is -2.20. The van der Waals surface area contributed by atoms with Crippen molar-refractivity contribution in [2.45, 2.75) is 12.8 Å². The van der Waals surface area contributed by atoms with Crippen LogP contribution in [-0.4, -0.2) is 31.6 Å². The number of nitrogens with two attached hydrogens (primary N) is 2. The number of likely N-dealkylation sites (N-methyl/N-ethyl adjacent to an activating group) is 1. The number of ether oxygens (including phenoxy) is 1. The fraction of sp³-hybridized carbons (Fsp3) is 0.333. The molecule has 0 atom stereocenters. The van der Waals surface area contributed by atoms with Gasteiger partial charge < -0.3 is 21.1 Å². The minimum atomic E-state index is 0.718. The van der Waals surface area contributed by atoms with Crippen molar-refractivity contribution in [3.05, 3.63) is 54.1 Å². The van der Waals surface area contributed by atoms with Gasteiger partial charge in [0.1, 0.15) is 5.75 Å². The average molecular weight is 299 g/mol. The van der Waals surface area contributed by atoms with Gasteiger partial charge >= 0.3 is 0 Å². The van der Waals surface area contributed by atoms with Crippen LogP contribution in [0.25, 0.3) is 0 Å². The Bertz CT molecular complexity index is 552. The molecule has 0 saturated carbocycles. The first-order valence-electron chi connectivity index (χ1n) is 7.65. The molecule has 0 amide bonds. The summed E-state index contributed by atoms with van der Waals surface area (Å²) >= 11 is 0. The lowest BCUT2D eigenvalue weighted by Crippen LogP contribution is -2.23. The van der Waals surface area contributed by atoms with Crippen LogP contribution in [0, 0.1) is 0 Å². The maximum atomic E-state index is 5.69. The highest BCUT2D eigenvalue weighted by atomic mass is 16.5. The second kappa shape index (κ2) is 8.29. The van der Waals surface area contributed by atoms with Gasteiger partial charge in [0.2, 0.25) is 0 Å². The Morgan fingerprint density at radius 1 is 0.864 bits per heavy atom. The van der Waals surface area contributed by atoms with E-state index in [1.54, 1.807) is 0 Å². The van der Waals surface area contributed by atoms with Gasteiger partial charge in [0.05, 0.1) is 6.61 Å². The van der Waals surface area contributed by atoms with Crippen molar-refractivity contribution >= 4 is 11.4 Å². The van der Waals surface area contributed by atoms with Crippen LogP contribution >= 0.6 is 0 Å². The second-order valence-corrected chi connectivity index (χ2v) is 5.57. The molecule has 2 aromatic rings. The van der Waals surface area contributed by atoms with E-state index >= 15 is 0 Å². The van der Waals surface area contributed by atoms with E-state index in [0.717, 1.165) is 49.7 Å². The van der Waals surface area contributed by atoms with Crippen LogP contribution in [0.1, 0.15) is 12.0 Å². The molecule has 0 aromatic heterocycles. The number of benzene rings is 2. The lowest BCUT2D eigenvalue weighted by molar-refractivity contribution is 0.264. The third kappa shape index (κ3) is 5.66. The number of nitrogen functional groups attached to an aromatic ring is 2. The van der Waals surface area contributed by atoms with E-state index < -0.39 is 0 Å². The summed E-state index contributed by atoms with van der Waals surface area (Å²) in [7, 11) is 2.14. The standard InChI is InChI=1S/C18H25N3O/c1-21(13-11-15-3-5-16(19)6-4-15)12-2-14-22-18-9-7-17(20)8-10-18/h3-10H,2,11-14,19-20H2,1H3. The monoisotopic (exact) mass is 299 g/mol. The van der Waals surface area contributed by atoms with E-state index in [4.69, 9.17) is 16.2 Å². The molecule has 0 unspecified atom stereocenters. The molecule has 22 heavy (non-hydrogen) atoms. The third-order valence-corrected chi connectivity index (χ3v) is 3.59. The molecular formula is C18H25N3O. The number of rotatable bonds is 8. The van der Waals surface area contributed by atoms with Crippen molar-refractivity contribution in [1.29, 1.82) is 0 Å². The normalized spacial score (nSPS) is 10.8. The van der Waals surface area contributed by atoms with Gasteiger partial charge in [-0.25, -0.2) is 0 Å². The Morgan fingerprint density at radius 2 is 1.45 bits per heavy atom. The second-order valence-electron chi connectivity index (χ2n) is 5.57. The quantitative estimate of drug-likeness (QED) is 0.581. The van der Waals surface area contributed by atoms with E-state index in [-0.39, 0.29) is 0 Å². The molecule has 0 spiro atoms. The van der Waals surface area contributed by atoms with Gasteiger partial charge in [-0.3, -0.25) is 0 Å². The molecule has 0 saturated heterocycles. The van der Waals surface area contributed by atoms with Crippen molar-refractivity contribution < 1.29 is 4.74 Å². The minimum Gasteiger partial charge on any atom is -0.494 e. The maximum absolute atomic E-state index is 5.69. The van der Waals surface area contributed by atoms with E-state index in [0.29, 0.717) is 0 Å². The zero-order valence-corrected chi connectivity index (χ0v) is 13.2. The molecule has 118 valence electrons. The molecule has 4 heteroatoms. The van der Waals surface area contributed by atoms with Gasteiger partial charge in [-0.2, -0.15) is 0 Å². The van der Waals surface area contributed by atoms with Crippen molar-refractivity contribution in [3.63, 3.8) is 0 Å². The fourth-order valence-electron chi connectivity index (χ4n) is 2.20. The van der Waals surface area contributed by atoms with Crippen LogP contribution in [0.2, 0.25) is 0 Å². The molecule has 0 fully saturated rings. The van der Waals surface area contributed by atoms with Gasteiger partial charge in [-0.15, -0.1) is 0 Å². The summed E-state index contributed by atoms with van der Waals surface area (Å²) < 4.78 is 5.69. The molecule has 0 aliphatic heterocycles. The summed E-state index contributed by atoms with van der Waals surface area (Å²) in [5.41, 5.74) is 14.2. The highest BCUT2D eigenvalue weighted by Crippen LogP contribution is 2.13. The molecule has 2 aromatic carbocycles. The number of hydrogen-bond acceptors (Lipinski definition) is 4. The first-order valence-corrected chi connectivity index (χ1v) is 7.65. The first kappa shape index (κ1) is 16.2. The molecule has 0 heterocycles. The van der Waals surface area contributed by atoms with Gasteiger partial charge in [0.25, 0.3) is 0 Å². The van der Waals surface area contributed by atoms with Crippen molar-refractivity contribution in [2.24, 2.45) is 0 Å². The number of hydrogen-bond donors (Lipinski definition) is 2. The third-order valence-electron chi connectivity index (χ3n) is 3.59. The average Bonchev–Trinajstić information content (AvgIpc) is 2.53. The summed E-state index contributed by atoms with van der Waals surface area (Å²) in [6.45, 7) is 2.77. The Balaban J connectivity index is 1.60. The minimum absolute atomic E-state index is 0.718. The van der Waals surface area contributed by atoms with Gasteiger partial charge in [0.15, 0.2) is 0 Å². The van der Waals surface area contributed by atoms with Gasteiger partial charge in [-0.05, 0) is 61.9 Å². The van der Waals surface area contributed by atoms with Gasteiger partial charge in [0, 0.05) is 24.5 Å². The molecule has 4 N–H and O–H groups in total. The Kier molecular flexibility index (Phi) is 6.10. The zero-order chi connectivity index (χ0) is 15.8. The largest absolute Gasteiger partial charge is 0.494 e. The lowest BCUT2D eigenvalue weighted by Gasteiger charge is -2.16. The van der Waals surface area contributed by atoms with E-state index in [1.165, 1.54) is 5.56 Å². The first-order chi connectivity index (χ1) is 10.6. The molecule has 0 aliphatic carbocycles. The van der Waals surface area contributed by atoms with Gasteiger partial charge in [-0.1, -0.05) is 12.1 Å². The van der Waals surface area contributed by atoms with Crippen LogP contribution < -0.4 is 16.2 Å². The predicted octanol–water partition coefficient (Wildman–Crippen LogP) is 2.79. The van der Waals surface area contributed by atoms with Crippen LogP contribution in [0.15, 0.2) is 48.5 Å². The molecule has 0 aliphatic rings. The summed E-state index contributed by atoms with van der Waals surface area (Å²) in [4.78, 5) is 2.32. The fourth-order valence-corrected chi connectivity index (χ4v) is 2.20. The Morgan fingerprint density at radius 3 is 2.09 bits per heavy atom. The van der Waals surface area contributed by atoms with Crippen LogP contribution in [0.5, 0.6) is 5.75 Å². The van der Waals surface area contributed by atoms with Crippen LogP contribution in [-0.2, 0) is 6.42 Å². The topological polar surface area (TPSA) is 64.5 Å². The summed E-state index contributed by atoms with van der Waals surface area (Å²) in [5.74, 6) is 0.874. The van der Waals surface area contributed by atoms with Crippen molar-refractivity contribution in [2.75, 3.05) is 38.2 Å². The number of nitrogens with zero attached hydrogens (tertiary/aromatic N) is 1. The SMILES string of the molecule is CN(CCCOc1ccc(N)cc1)CCc1ccc(N)cc1. The lowest BCUT2D eigenvalue weighted by atomic mass is 10.1. The van der Waals surface area contributed by atoms with Crippen LogP contribution in [0.3, 0.4) is 0 Å². The highest BCUT2D eigenvalue weighted by molar-refractivity contribution is 5.41. The molecule has 0 radical (unpaired) electrons. The molecule has 2 rings (SSSR count). The zero-order valence-electron chi connectivity index (χ0n) is 13.2. The van der Waals surface area contributed by atoms with E-state index in [1.807, 2.05) is 36.4 Å². The predicted molar refractivity (Wildman–Crippen MR) is 93.0 cm³/mol. The van der Waals surface area contributed by atoms with Crippen molar-refractivity contribution in [1.82, 2.24) is 4.90 Å². The van der Waals surface area contributed by atoms with E-state index in [9.17, 15) is 0 Å². The molecule has 4 nitrogen and oxygen atoms in total.